The zero-order valence-electron chi connectivity index (χ0n) is 7.50. The summed E-state index contributed by atoms with van der Waals surface area (Å²) in [7, 11) is 0. The minimum Gasteiger partial charge on any atom is -0.316 e. The first kappa shape index (κ1) is 10.4. The Morgan fingerprint density at radius 3 is 2.86 bits per heavy atom. The molecule has 0 aliphatic heterocycles. The van der Waals surface area contributed by atoms with E-state index in [-0.39, 0.29) is 11.3 Å². The van der Waals surface area contributed by atoms with Crippen molar-refractivity contribution in [1.29, 1.82) is 10.5 Å². The summed E-state index contributed by atoms with van der Waals surface area (Å²) in [6, 6.07) is 5.31. The molecule has 14 heavy (non-hydrogen) atoms. The topological polar surface area (TPSA) is 80.4 Å². The monoisotopic (exact) mass is 205 g/mol. The number of aromatic amines is 1. The molecule has 0 aromatic carbocycles. The minimum atomic E-state index is -0.248. The van der Waals surface area contributed by atoms with Gasteiger partial charge in [-0.25, -0.2) is 0 Å². The molecule has 1 rings (SSSR count). The van der Waals surface area contributed by atoms with Crippen LogP contribution in [0.1, 0.15) is 11.1 Å². The molecule has 0 aliphatic carbocycles. The summed E-state index contributed by atoms with van der Waals surface area (Å²) in [5.74, 6) is 0.216. The van der Waals surface area contributed by atoms with E-state index in [0.29, 0.717) is 16.2 Å². The normalized spacial score (nSPS) is 9.07. The molecule has 0 fully saturated rings. The number of hydrogen-bond acceptors (Lipinski definition) is 4. The van der Waals surface area contributed by atoms with Crippen LogP contribution < -0.4 is 5.56 Å². The standard InChI is InChI=1S/C9H7N3OS/c1-6-4-8(13)12-9(7(6)5-11)14-3-2-10/h4H,3H2,1H3,(H,12,13). The van der Waals surface area contributed by atoms with Gasteiger partial charge in [0.25, 0.3) is 0 Å². The van der Waals surface area contributed by atoms with Crippen LogP contribution in [-0.2, 0) is 0 Å². The van der Waals surface area contributed by atoms with Gasteiger partial charge in [0, 0.05) is 6.07 Å². The van der Waals surface area contributed by atoms with Crippen LogP contribution in [-0.4, -0.2) is 10.7 Å². The number of H-pyrrole nitrogens is 1. The molecule has 0 spiro atoms. The molecule has 1 N–H and O–H groups in total. The average molecular weight is 205 g/mol. The first-order valence-electron chi connectivity index (χ1n) is 3.83. The van der Waals surface area contributed by atoms with Gasteiger partial charge < -0.3 is 4.98 Å². The summed E-state index contributed by atoms with van der Waals surface area (Å²) in [6.07, 6.45) is 0. The largest absolute Gasteiger partial charge is 0.316 e. The highest BCUT2D eigenvalue weighted by molar-refractivity contribution is 7.99. The zero-order valence-corrected chi connectivity index (χ0v) is 8.31. The molecule has 0 saturated carbocycles. The molecular weight excluding hydrogens is 198 g/mol. The van der Waals surface area contributed by atoms with Gasteiger partial charge in [-0.1, -0.05) is 11.8 Å². The number of hydrogen-bond donors (Lipinski definition) is 1. The van der Waals surface area contributed by atoms with Gasteiger partial charge in [-0.2, -0.15) is 10.5 Å². The van der Waals surface area contributed by atoms with Gasteiger partial charge in [0.2, 0.25) is 5.56 Å². The Labute approximate surface area is 85.2 Å². The highest BCUT2D eigenvalue weighted by Crippen LogP contribution is 2.19. The van der Waals surface area contributed by atoms with Crippen molar-refractivity contribution in [3.05, 3.63) is 27.5 Å². The number of aromatic nitrogens is 1. The van der Waals surface area contributed by atoms with Crippen molar-refractivity contribution in [1.82, 2.24) is 4.98 Å². The molecular formula is C9H7N3OS. The van der Waals surface area contributed by atoms with Gasteiger partial charge in [0.1, 0.15) is 6.07 Å². The van der Waals surface area contributed by atoms with Crippen molar-refractivity contribution < 1.29 is 0 Å². The molecule has 4 nitrogen and oxygen atoms in total. The average Bonchev–Trinajstić information content (AvgIpc) is 2.14. The summed E-state index contributed by atoms with van der Waals surface area (Å²) in [5.41, 5.74) is 0.823. The Morgan fingerprint density at radius 2 is 2.29 bits per heavy atom. The van der Waals surface area contributed by atoms with E-state index in [2.05, 4.69) is 4.98 Å². The van der Waals surface area contributed by atoms with Gasteiger partial charge in [-0.05, 0) is 12.5 Å². The molecule has 1 aromatic heterocycles. The second-order valence-corrected chi connectivity index (χ2v) is 3.56. The molecule has 0 unspecified atom stereocenters. The van der Waals surface area contributed by atoms with Crippen LogP contribution in [0.3, 0.4) is 0 Å². The summed E-state index contributed by atoms with van der Waals surface area (Å²) in [6.45, 7) is 1.70. The van der Waals surface area contributed by atoms with E-state index in [1.54, 1.807) is 6.92 Å². The van der Waals surface area contributed by atoms with Crippen LogP contribution >= 0.6 is 11.8 Å². The van der Waals surface area contributed by atoms with Crippen molar-refractivity contribution in [2.45, 2.75) is 11.9 Å². The van der Waals surface area contributed by atoms with Crippen LogP contribution in [0.5, 0.6) is 0 Å². The van der Waals surface area contributed by atoms with Gasteiger partial charge in [0.05, 0.1) is 22.4 Å². The van der Waals surface area contributed by atoms with Crippen molar-refractivity contribution >= 4 is 11.8 Å². The third kappa shape index (κ3) is 2.15. The quantitative estimate of drug-likeness (QED) is 0.735. The van der Waals surface area contributed by atoms with E-state index in [9.17, 15) is 4.79 Å². The van der Waals surface area contributed by atoms with Crippen LogP contribution in [0.4, 0.5) is 0 Å². The lowest BCUT2D eigenvalue weighted by Gasteiger charge is -2.02. The molecule has 1 aromatic rings. The maximum atomic E-state index is 11.1. The lowest BCUT2D eigenvalue weighted by Crippen LogP contribution is -2.08. The van der Waals surface area contributed by atoms with E-state index < -0.39 is 0 Å². The van der Waals surface area contributed by atoms with Crippen LogP contribution in [0.2, 0.25) is 0 Å². The lowest BCUT2D eigenvalue weighted by atomic mass is 10.2. The first-order valence-corrected chi connectivity index (χ1v) is 4.81. The van der Waals surface area contributed by atoms with Crippen LogP contribution in [0.25, 0.3) is 0 Å². The number of thioether (sulfide) groups is 1. The van der Waals surface area contributed by atoms with Gasteiger partial charge in [0.15, 0.2) is 0 Å². The maximum absolute atomic E-state index is 11.1. The Morgan fingerprint density at radius 1 is 1.57 bits per heavy atom. The Bertz CT molecular complexity index is 478. The summed E-state index contributed by atoms with van der Waals surface area (Å²) in [5, 5.41) is 17.7. The Kier molecular flexibility index (Phi) is 3.33. The molecule has 0 saturated heterocycles. The predicted octanol–water partition coefficient (Wildman–Crippen LogP) is 1.17. The molecule has 1 heterocycles. The highest BCUT2D eigenvalue weighted by atomic mass is 32.2. The Hall–Kier alpha value is -1.72. The first-order chi connectivity index (χ1) is 6.69. The van der Waals surface area contributed by atoms with E-state index in [0.717, 1.165) is 11.8 Å². The smallest absolute Gasteiger partial charge is 0.249 e. The number of rotatable bonds is 2. The second-order valence-electron chi connectivity index (χ2n) is 2.58. The van der Waals surface area contributed by atoms with Gasteiger partial charge in [-0.15, -0.1) is 0 Å². The Balaban J connectivity index is 3.21. The fourth-order valence-electron chi connectivity index (χ4n) is 1.01. The molecule has 70 valence electrons. The molecule has 0 atom stereocenters. The molecule has 0 aliphatic rings. The summed E-state index contributed by atoms with van der Waals surface area (Å²) in [4.78, 5) is 13.6. The van der Waals surface area contributed by atoms with Crippen LogP contribution in [0, 0.1) is 29.6 Å². The molecule has 0 radical (unpaired) electrons. The fourth-order valence-corrected chi connectivity index (χ4v) is 1.74. The number of nitrogens with zero attached hydrogens (tertiary/aromatic N) is 2. The second kappa shape index (κ2) is 4.50. The number of aryl methyl sites for hydroxylation is 1. The zero-order chi connectivity index (χ0) is 10.6. The van der Waals surface area contributed by atoms with E-state index in [1.165, 1.54) is 6.07 Å². The van der Waals surface area contributed by atoms with Crippen molar-refractivity contribution in [2.75, 3.05) is 5.75 Å². The molecule has 0 bridgehead atoms. The lowest BCUT2D eigenvalue weighted by molar-refractivity contribution is 1.04. The third-order valence-corrected chi connectivity index (χ3v) is 2.47. The van der Waals surface area contributed by atoms with Crippen molar-refractivity contribution in [2.24, 2.45) is 0 Å². The third-order valence-electron chi connectivity index (χ3n) is 1.60. The van der Waals surface area contributed by atoms with Crippen molar-refractivity contribution in [3.8, 4) is 12.1 Å². The molecule has 5 heteroatoms. The van der Waals surface area contributed by atoms with Crippen LogP contribution in [0.15, 0.2) is 15.9 Å². The highest BCUT2D eigenvalue weighted by Gasteiger charge is 2.07. The number of nitriles is 2. The van der Waals surface area contributed by atoms with E-state index >= 15 is 0 Å². The summed E-state index contributed by atoms with van der Waals surface area (Å²) < 4.78 is 0. The van der Waals surface area contributed by atoms with Gasteiger partial charge >= 0.3 is 0 Å². The minimum absolute atomic E-state index is 0.216. The van der Waals surface area contributed by atoms with Crippen molar-refractivity contribution in [3.63, 3.8) is 0 Å². The number of pyridine rings is 1. The number of nitrogens with one attached hydrogen (secondary N) is 1. The van der Waals surface area contributed by atoms with Gasteiger partial charge in [-0.3, -0.25) is 4.79 Å². The SMILES string of the molecule is Cc1cc(=O)[nH]c(SCC#N)c1C#N. The molecule has 0 amide bonds. The fraction of sp³-hybridized carbons (Fsp3) is 0.222. The predicted molar refractivity (Wildman–Crippen MR) is 52.9 cm³/mol. The maximum Gasteiger partial charge on any atom is 0.249 e. The van der Waals surface area contributed by atoms with E-state index in [4.69, 9.17) is 10.5 Å². The summed E-state index contributed by atoms with van der Waals surface area (Å²) >= 11 is 1.16. The van der Waals surface area contributed by atoms with E-state index in [1.807, 2.05) is 12.1 Å².